The van der Waals surface area contributed by atoms with Crippen LogP contribution in [-0.4, -0.2) is 18.0 Å². The first-order valence-corrected chi connectivity index (χ1v) is 7.30. The zero-order valence-corrected chi connectivity index (χ0v) is 12.0. The van der Waals surface area contributed by atoms with Crippen LogP contribution in [-0.2, 0) is 13.1 Å². The molecule has 1 aliphatic heterocycles. The highest BCUT2D eigenvalue weighted by Crippen LogP contribution is 2.25. The van der Waals surface area contributed by atoms with E-state index < -0.39 is 0 Å². The first-order valence-electron chi connectivity index (χ1n) is 7.30. The van der Waals surface area contributed by atoms with Crippen LogP contribution in [0.3, 0.4) is 0 Å². The number of hydrogen-bond acceptors (Lipinski definition) is 2. The number of nitrogens with zero attached hydrogens (tertiary/aromatic N) is 1. The van der Waals surface area contributed by atoms with Gasteiger partial charge in [-0.25, -0.2) is 4.39 Å². The molecular weight excluding hydrogens is 239 g/mol. The largest absolute Gasteiger partial charge is 0.326 e. The van der Waals surface area contributed by atoms with Crippen LogP contribution in [0.25, 0.3) is 0 Å². The van der Waals surface area contributed by atoms with E-state index in [4.69, 9.17) is 5.73 Å². The zero-order valence-electron chi connectivity index (χ0n) is 12.0. The summed E-state index contributed by atoms with van der Waals surface area (Å²) in [5.74, 6) is 1.46. The molecule has 2 nitrogen and oxygen atoms in total. The molecule has 3 heteroatoms. The molecule has 1 heterocycles. The van der Waals surface area contributed by atoms with E-state index in [1.54, 1.807) is 6.07 Å². The highest BCUT2D eigenvalue weighted by Gasteiger charge is 2.21. The second-order valence-corrected chi connectivity index (χ2v) is 5.99. The monoisotopic (exact) mass is 264 g/mol. The van der Waals surface area contributed by atoms with Crippen molar-refractivity contribution < 1.29 is 4.39 Å². The highest BCUT2D eigenvalue weighted by molar-refractivity contribution is 5.25. The third-order valence-electron chi connectivity index (χ3n) is 4.31. The lowest BCUT2D eigenvalue weighted by molar-refractivity contribution is 0.152. The van der Waals surface area contributed by atoms with Crippen LogP contribution in [0.15, 0.2) is 18.2 Å². The van der Waals surface area contributed by atoms with Crippen molar-refractivity contribution in [1.29, 1.82) is 0 Å². The zero-order chi connectivity index (χ0) is 13.8. The van der Waals surface area contributed by atoms with Crippen molar-refractivity contribution >= 4 is 0 Å². The molecule has 0 bridgehead atoms. The van der Waals surface area contributed by atoms with Gasteiger partial charge in [0, 0.05) is 18.7 Å². The van der Waals surface area contributed by atoms with Crippen molar-refractivity contribution in [1.82, 2.24) is 4.90 Å². The summed E-state index contributed by atoms with van der Waals surface area (Å²) in [6.07, 6.45) is 2.56. The predicted octanol–water partition coefficient (Wildman–Crippen LogP) is 3.15. The van der Waals surface area contributed by atoms with E-state index in [1.165, 1.54) is 18.4 Å². The number of nitrogens with two attached hydrogens (primary N) is 1. The quantitative estimate of drug-likeness (QED) is 0.905. The Kier molecular flexibility index (Phi) is 4.94. The van der Waals surface area contributed by atoms with E-state index in [-0.39, 0.29) is 12.4 Å². The maximum atomic E-state index is 13.4. The molecule has 1 aromatic carbocycles. The molecule has 0 amide bonds. The molecule has 0 atom stereocenters. The summed E-state index contributed by atoms with van der Waals surface area (Å²) in [6.45, 7) is 8.12. The summed E-state index contributed by atoms with van der Waals surface area (Å²) >= 11 is 0. The van der Waals surface area contributed by atoms with Gasteiger partial charge in [-0.2, -0.15) is 0 Å². The molecule has 19 heavy (non-hydrogen) atoms. The van der Waals surface area contributed by atoms with Crippen molar-refractivity contribution in [3.8, 4) is 0 Å². The molecule has 2 N–H and O–H groups in total. The molecule has 0 radical (unpaired) electrons. The molecule has 1 fully saturated rings. The highest BCUT2D eigenvalue weighted by atomic mass is 19.1. The Bertz CT molecular complexity index is 409. The van der Waals surface area contributed by atoms with Gasteiger partial charge in [0.2, 0.25) is 0 Å². The SMILES string of the molecule is CC(C)C1CCN(Cc2ccc(F)c(CN)c2)CC1. The predicted molar refractivity (Wildman–Crippen MR) is 77.1 cm³/mol. The third-order valence-corrected chi connectivity index (χ3v) is 4.31. The van der Waals surface area contributed by atoms with Crippen LogP contribution in [0, 0.1) is 17.7 Å². The van der Waals surface area contributed by atoms with Crippen LogP contribution in [0.1, 0.15) is 37.8 Å². The molecule has 1 aliphatic rings. The smallest absolute Gasteiger partial charge is 0.127 e. The average molecular weight is 264 g/mol. The van der Waals surface area contributed by atoms with Gasteiger partial charge in [0.25, 0.3) is 0 Å². The standard InChI is InChI=1S/C16H25FN2/c1-12(2)14-5-7-19(8-6-14)11-13-3-4-16(17)15(9-13)10-18/h3-4,9,12,14H,5-8,10-11,18H2,1-2H3. The second kappa shape index (κ2) is 6.49. The summed E-state index contributed by atoms with van der Waals surface area (Å²) in [5, 5.41) is 0. The minimum absolute atomic E-state index is 0.190. The first-order chi connectivity index (χ1) is 9.10. The fourth-order valence-electron chi connectivity index (χ4n) is 2.92. The van der Waals surface area contributed by atoms with Gasteiger partial charge >= 0.3 is 0 Å². The molecule has 1 saturated heterocycles. The van der Waals surface area contributed by atoms with E-state index in [0.717, 1.165) is 31.5 Å². The van der Waals surface area contributed by atoms with Gasteiger partial charge < -0.3 is 5.73 Å². The van der Waals surface area contributed by atoms with Gasteiger partial charge in [0.1, 0.15) is 5.82 Å². The topological polar surface area (TPSA) is 29.3 Å². The molecule has 0 unspecified atom stereocenters. The van der Waals surface area contributed by atoms with Gasteiger partial charge in [-0.3, -0.25) is 4.90 Å². The average Bonchev–Trinajstić information content (AvgIpc) is 2.41. The minimum Gasteiger partial charge on any atom is -0.326 e. The summed E-state index contributed by atoms with van der Waals surface area (Å²) < 4.78 is 13.4. The Morgan fingerprint density at radius 1 is 1.32 bits per heavy atom. The van der Waals surface area contributed by atoms with E-state index in [9.17, 15) is 4.39 Å². The second-order valence-electron chi connectivity index (χ2n) is 5.99. The minimum atomic E-state index is -0.190. The first kappa shape index (κ1) is 14.5. The molecule has 1 aromatic rings. The van der Waals surface area contributed by atoms with E-state index in [0.29, 0.717) is 5.56 Å². The van der Waals surface area contributed by atoms with E-state index in [2.05, 4.69) is 18.7 Å². The number of halogens is 1. The summed E-state index contributed by atoms with van der Waals surface area (Å²) in [4.78, 5) is 2.46. The number of rotatable bonds is 4. The molecule has 0 aliphatic carbocycles. The van der Waals surface area contributed by atoms with Crippen molar-refractivity contribution in [3.05, 3.63) is 35.1 Å². The van der Waals surface area contributed by atoms with Crippen molar-refractivity contribution in [2.75, 3.05) is 13.1 Å². The Balaban J connectivity index is 1.92. The third kappa shape index (κ3) is 3.77. The van der Waals surface area contributed by atoms with Crippen LogP contribution >= 0.6 is 0 Å². The number of piperidine rings is 1. The van der Waals surface area contributed by atoms with Crippen molar-refractivity contribution in [2.24, 2.45) is 17.6 Å². The molecular formula is C16H25FN2. The Labute approximate surface area is 115 Å². The van der Waals surface area contributed by atoms with E-state index >= 15 is 0 Å². The lowest BCUT2D eigenvalue weighted by Gasteiger charge is -2.33. The summed E-state index contributed by atoms with van der Waals surface area (Å²) in [6, 6.07) is 5.32. The molecule has 2 rings (SSSR count). The fraction of sp³-hybridized carbons (Fsp3) is 0.625. The van der Waals surface area contributed by atoms with Gasteiger partial charge in [0.05, 0.1) is 0 Å². The van der Waals surface area contributed by atoms with Gasteiger partial charge in [-0.1, -0.05) is 26.0 Å². The maximum absolute atomic E-state index is 13.4. The van der Waals surface area contributed by atoms with Crippen LogP contribution in [0.5, 0.6) is 0 Å². The summed E-state index contributed by atoms with van der Waals surface area (Å²) in [7, 11) is 0. The maximum Gasteiger partial charge on any atom is 0.127 e. The lowest BCUT2D eigenvalue weighted by Crippen LogP contribution is -2.34. The van der Waals surface area contributed by atoms with Crippen LogP contribution < -0.4 is 5.73 Å². The Morgan fingerprint density at radius 3 is 2.58 bits per heavy atom. The van der Waals surface area contributed by atoms with Gasteiger partial charge in [-0.05, 0) is 49.4 Å². The Morgan fingerprint density at radius 2 is 2.00 bits per heavy atom. The number of benzene rings is 1. The lowest BCUT2D eigenvalue weighted by atomic mass is 9.86. The van der Waals surface area contributed by atoms with Gasteiger partial charge in [-0.15, -0.1) is 0 Å². The molecule has 0 spiro atoms. The van der Waals surface area contributed by atoms with Crippen LogP contribution in [0.2, 0.25) is 0 Å². The van der Waals surface area contributed by atoms with E-state index in [1.807, 2.05) is 12.1 Å². The molecule has 106 valence electrons. The number of hydrogen-bond donors (Lipinski definition) is 1. The molecule has 0 saturated carbocycles. The fourth-order valence-corrected chi connectivity index (χ4v) is 2.92. The molecule has 0 aromatic heterocycles. The Hall–Kier alpha value is -0.930. The van der Waals surface area contributed by atoms with Crippen LogP contribution in [0.4, 0.5) is 4.39 Å². The van der Waals surface area contributed by atoms with Gasteiger partial charge in [0.15, 0.2) is 0 Å². The van der Waals surface area contributed by atoms with Crippen molar-refractivity contribution in [3.63, 3.8) is 0 Å². The van der Waals surface area contributed by atoms with Crippen molar-refractivity contribution in [2.45, 2.75) is 39.8 Å². The summed E-state index contributed by atoms with van der Waals surface area (Å²) in [5.41, 5.74) is 7.34. The number of likely N-dealkylation sites (tertiary alicyclic amines) is 1. The normalized spacial score (nSPS) is 18.2.